The van der Waals surface area contributed by atoms with E-state index in [-0.39, 0.29) is 5.13 Å². The highest BCUT2D eigenvalue weighted by Gasteiger charge is 2.03. The molecule has 0 amide bonds. The first kappa shape index (κ1) is 11.3. The quantitative estimate of drug-likeness (QED) is 0.886. The van der Waals surface area contributed by atoms with Crippen molar-refractivity contribution in [2.45, 2.75) is 20.0 Å². The Bertz CT molecular complexity index is 475. The number of aryl methyl sites for hydroxylation is 2. The zero-order valence-electron chi connectivity index (χ0n) is 9.33. The van der Waals surface area contributed by atoms with Crippen molar-refractivity contribution in [2.24, 2.45) is 7.05 Å². The highest BCUT2D eigenvalue weighted by molar-refractivity contribution is 7.10. The lowest BCUT2D eigenvalue weighted by Gasteiger charge is -2.00. The van der Waals surface area contributed by atoms with E-state index >= 15 is 0 Å². The Labute approximate surface area is 97.9 Å². The topological polar surface area (TPSA) is 29.9 Å². The van der Waals surface area contributed by atoms with Gasteiger partial charge in [0.1, 0.15) is 0 Å². The molecule has 0 spiro atoms. The van der Waals surface area contributed by atoms with Crippen LogP contribution in [-0.2, 0) is 20.1 Å². The van der Waals surface area contributed by atoms with Crippen molar-refractivity contribution in [3.63, 3.8) is 0 Å². The van der Waals surface area contributed by atoms with Gasteiger partial charge in [0.05, 0.1) is 5.69 Å². The van der Waals surface area contributed by atoms with Gasteiger partial charge in [-0.15, -0.1) is 11.3 Å². The Hall–Kier alpha value is -1.20. The van der Waals surface area contributed by atoms with E-state index in [4.69, 9.17) is 0 Å². The van der Waals surface area contributed by atoms with Gasteiger partial charge in [0.15, 0.2) is 5.13 Å². The number of hydrogen-bond acceptors (Lipinski definition) is 3. The lowest BCUT2D eigenvalue weighted by Crippen LogP contribution is -2.13. The summed E-state index contributed by atoms with van der Waals surface area (Å²) in [4.78, 5) is 1.01. The van der Waals surface area contributed by atoms with Gasteiger partial charge in [0.2, 0.25) is 0 Å². The fraction of sp³-hybridized carbons (Fsp3) is 0.364. The van der Waals surface area contributed by atoms with E-state index < -0.39 is 0 Å². The van der Waals surface area contributed by atoms with Crippen molar-refractivity contribution < 1.29 is 4.39 Å². The monoisotopic (exact) mass is 239 g/mol. The SMILES string of the molecule is Cc1cn(C)nc1CNCc1ccc(F)s1. The minimum absolute atomic E-state index is 0.134. The van der Waals surface area contributed by atoms with Crippen LogP contribution in [0, 0.1) is 12.1 Å². The van der Waals surface area contributed by atoms with Crippen LogP contribution < -0.4 is 5.32 Å². The molecule has 2 heterocycles. The molecule has 2 aromatic rings. The third kappa shape index (κ3) is 2.68. The molecular weight excluding hydrogens is 225 g/mol. The van der Waals surface area contributed by atoms with E-state index in [2.05, 4.69) is 10.4 Å². The Kier molecular flexibility index (Phi) is 3.36. The molecule has 0 aliphatic carbocycles. The van der Waals surface area contributed by atoms with Gasteiger partial charge in [-0.1, -0.05) is 0 Å². The van der Waals surface area contributed by atoms with Gasteiger partial charge in [0.25, 0.3) is 0 Å². The molecule has 0 aliphatic heterocycles. The third-order valence-electron chi connectivity index (χ3n) is 2.33. The van der Waals surface area contributed by atoms with Crippen molar-refractivity contribution in [1.29, 1.82) is 0 Å². The maximum Gasteiger partial charge on any atom is 0.176 e. The summed E-state index contributed by atoms with van der Waals surface area (Å²) >= 11 is 1.18. The standard InChI is InChI=1S/C11H14FN3S/c1-8-7-15(2)14-10(8)6-13-5-9-3-4-11(12)16-9/h3-4,7,13H,5-6H2,1-2H3. The molecule has 0 saturated heterocycles. The number of rotatable bonds is 4. The first-order valence-electron chi connectivity index (χ1n) is 5.09. The first-order valence-corrected chi connectivity index (χ1v) is 5.91. The van der Waals surface area contributed by atoms with Crippen LogP contribution in [0.5, 0.6) is 0 Å². The summed E-state index contributed by atoms with van der Waals surface area (Å²) in [5, 5.41) is 7.45. The minimum atomic E-state index is -0.134. The molecule has 0 atom stereocenters. The van der Waals surface area contributed by atoms with Crippen LogP contribution in [-0.4, -0.2) is 9.78 Å². The van der Waals surface area contributed by atoms with Crippen LogP contribution in [0.1, 0.15) is 16.1 Å². The highest BCUT2D eigenvalue weighted by Crippen LogP contribution is 2.14. The molecule has 0 aliphatic rings. The highest BCUT2D eigenvalue weighted by atomic mass is 32.1. The summed E-state index contributed by atoms with van der Waals surface area (Å²) in [6.07, 6.45) is 1.99. The van der Waals surface area contributed by atoms with Crippen LogP contribution in [0.4, 0.5) is 4.39 Å². The number of nitrogens with zero attached hydrogens (tertiary/aromatic N) is 2. The number of nitrogens with one attached hydrogen (secondary N) is 1. The second-order valence-electron chi connectivity index (χ2n) is 3.74. The van der Waals surface area contributed by atoms with E-state index in [1.807, 2.05) is 20.2 Å². The van der Waals surface area contributed by atoms with E-state index in [0.29, 0.717) is 13.1 Å². The van der Waals surface area contributed by atoms with Gasteiger partial charge in [-0.25, -0.2) is 0 Å². The van der Waals surface area contributed by atoms with Crippen molar-refractivity contribution >= 4 is 11.3 Å². The molecule has 2 rings (SSSR count). The molecule has 0 saturated carbocycles. The molecule has 5 heteroatoms. The van der Waals surface area contributed by atoms with Crippen molar-refractivity contribution in [3.05, 3.63) is 39.6 Å². The molecule has 0 aromatic carbocycles. The predicted octanol–water partition coefficient (Wildman–Crippen LogP) is 2.22. The fourth-order valence-corrected chi connectivity index (χ4v) is 2.28. The zero-order valence-corrected chi connectivity index (χ0v) is 10.1. The number of halogens is 1. The number of hydrogen-bond donors (Lipinski definition) is 1. The number of thiophene rings is 1. The molecule has 3 nitrogen and oxygen atoms in total. The van der Waals surface area contributed by atoms with E-state index in [1.54, 1.807) is 10.7 Å². The molecule has 86 valence electrons. The van der Waals surface area contributed by atoms with Gasteiger partial charge in [0, 0.05) is 31.2 Å². The smallest absolute Gasteiger partial charge is 0.176 e. The van der Waals surface area contributed by atoms with E-state index in [0.717, 1.165) is 10.6 Å². The van der Waals surface area contributed by atoms with Crippen molar-refractivity contribution in [3.8, 4) is 0 Å². The van der Waals surface area contributed by atoms with E-state index in [1.165, 1.54) is 23.0 Å². The second kappa shape index (κ2) is 4.76. The second-order valence-corrected chi connectivity index (χ2v) is 4.86. The van der Waals surface area contributed by atoms with Gasteiger partial charge in [-0.3, -0.25) is 4.68 Å². The first-order chi connectivity index (χ1) is 7.65. The van der Waals surface area contributed by atoms with E-state index in [9.17, 15) is 4.39 Å². The van der Waals surface area contributed by atoms with Crippen LogP contribution in [0.15, 0.2) is 18.3 Å². The largest absolute Gasteiger partial charge is 0.306 e. The molecule has 0 bridgehead atoms. The van der Waals surface area contributed by atoms with Crippen molar-refractivity contribution in [2.75, 3.05) is 0 Å². The maximum atomic E-state index is 12.7. The summed E-state index contributed by atoms with van der Waals surface area (Å²) in [5.74, 6) is 0. The third-order valence-corrected chi connectivity index (χ3v) is 3.21. The van der Waals surface area contributed by atoms with Crippen LogP contribution in [0.2, 0.25) is 0 Å². The lowest BCUT2D eigenvalue weighted by molar-refractivity contribution is 0.656. The maximum absolute atomic E-state index is 12.7. The minimum Gasteiger partial charge on any atom is -0.306 e. The van der Waals surface area contributed by atoms with Gasteiger partial charge < -0.3 is 5.32 Å². The number of aromatic nitrogens is 2. The molecule has 16 heavy (non-hydrogen) atoms. The fourth-order valence-electron chi connectivity index (χ4n) is 1.58. The van der Waals surface area contributed by atoms with Crippen LogP contribution in [0.3, 0.4) is 0 Å². The summed E-state index contributed by atoms with van der Waals surface area (Å²) in [6, 6.07) is 3.30. The predicted molar refractivity (Wildman–Crippen MR) is 62.8 cm³/mol. The van der Waals surface area contributed by atoms with Gasteiger partial charge in [-0.05, 0) is 24.6 Å². The normalized spacial score (nSPS) is 10.9. The summed E-state index contributed by atoms with van der Waals surface area (Å²) in [7, 11) is 1.91. The lowest BCUT2D eigenvalue weighted by atomic mass is 10.3. The molecule has 1 N–H and O–H groups in total. The average molecular weight is 239 g/mol. The zero-order chi connectivity index (χ0) is 11.5. The Morgan fingerprint density at radius 2 is 2.25 bits per heavy atom. The van der Waals surface area contributed by atoms with Crippen molar-refractivity contribution in [1.82, 2.24) is 15.1 Å². The Morgan fingerprint density at radius 1 is 1.44 bits per heavy atom. The molecule has 0 unspecified atom stereocenters. The summed E-state index contributed by atoms with van der Waals surface area (Å²) in [6.45, 7) is 3.44. The summed E-state index contributed by atoms with van der Waals surface area (Å²) < 4.78 is 14.5. The average Bonchev–Trinajstić information content (AvgIpc) is 2.74. The molecule has 2 aromatic heterocycles. The van der Waals surface area contributed by atoms with Crippen LogP contribution >= 0.6 is 11.3 Å². The van der Waals surface area contributed by atoms with Gasteiger partial charge in [-0.2, -0.15) is 9.49 Å². The molecule has 0 fully saturated rings. The Balaban J connectivity index is 1.86. The molecular formula is C11H14FN3S. The molecule has 0 radical (unpaired) electrons. The van der Waals surface area contributed by atoms with Gasteiger partial charge >= 0.3 is 0 Å². The Morgan fingerprint density at radius 3 is 2.81 bits per heavy atom. The van der Waals surface area contributed by atoms with Crippen LogP contribution in [0.25, 0.3) is 0 Å². The summed E-state index contributed by atoms with van der Waals surface area (Å²) in [5.41, 5.74) is 2.21.